The lowest BCUT2D eigenvalue weighted by Crippen LogP contribution is -2.31. The average Bonchev–Trinajstić information content (AvgIpc) is 2.63. The van der Waals surface area contributed by atoms with Gasteiger partial charge in [-0.05, 0) is 38.8 Å². The molecule has 1 saturated carbocycles. The molecule has 1 aliphatic carbocycles. The molecule has 0 saturated heterocycles. The first kappa shape index (κ1) is 10.9. The summed E-state index contributed by atoms with van der Waals surface area (Å²) < 4.78 is 0. The van der Waals surface area contributed by atoms with Crippen LogP contribution < -0.4 is 5.32 Å². The van der Waals surface area contributed by atoms with E-state index in [2.05, 4.69) is 23.3 Å². The van der Waals surface area contributed by atoms with Crippen molar-refractivity contribution in [3.63, 3.8) is 0 Å². The Labute approximate surface area is 96.5 Å². The van der Waals surface area contributed by atoms with Gasteiger partial charge in [0, 0.05) is 11.2 Å². The Hall–Kier alpha value is -1.56. The molecule has 3 nitrogen and oxygen atoms in total. The fraction of sp³-hybridized carbons (Fsp3) is 0.538. The van der Waals surface area contributed by atoms with E-state index < -0.39 is 0 Å². The van der Waals surface area contributed by atoms with Crippen molar-refractivity contribution in [2.45, 2.75) is 45.1 Å². The lowest BCUT2D eigenvalue weighted by molar-refractivity contribution is 0.531. The Morgan fingerprint density at radius 3 is 2.69 bits per heavy atom. The van der Waals surface area contributed by atoms with E-state index in [-0.39, 0.29) is 5.54 Å². The van der Waals surface area contributed by atoms with Crippen LogP contribution in [0.5, 0.6) is 0 Å². The number of nitrogens with one attached hydrogen (secondary N) is 1. The van der Waals surface area contributed by atoms with Crippen LogP contribution in [-0.4, -0.2) is 10.5 Å². The number of aryl methyl sites for hydroxylation is 1. The third-order valence-corrected chi connectivity index (χ3v) is 3.22. The van der Waals surface area contributed by atoms with E-state index in [1.165, 1.54) is 25.7 Å². The number of anilines is 1. The first-order valence-electron chi connectivity index (χ1n) is 5.78. The van der Waals surface area contributed by atoms with Crippen molar-refractivity contribution in [3.05, 3.63) is 23.4 Å². The van der Waals surface area contributed by atoms with Crippen LogP contribution in [0.3, 0.4) is 0 Å². The molecule has 16 heavy (non-hydrogen) atoms. The van der Waals surface area contributed by atoms with E-state index in [1.54, 1.807) is 0 Å². The molecule has 1 N–H and O–H groups in total. The van der Waals surface area contributed by atoms with Gasteiger partial charge in [0.25, 0.3) is 0 Å². The van der Waals surface area contributed by atoms with Gasteiger partial charge in [0.15, 0.2) is 0 Å². The highest BCUT2D eigenvalue weighted by molar-refractivity contribution is 5.46. The third kappa shape index (κ3) is 2.33. The summed E-state index contributed by atoms with van der Waals surface area (Å²) in [5.74, 6) is 0.834. The molecule has 1 aromatic heterocycles. The molecule has 0 radical (unpaired) electrons. The monoisotopic (exact) mass is 215 g/mol. The molecular formula is C13H17N3. The summed E-state index contributed by atoms with van der Waals surface area (Å²) in [5.41, 5.74) is 1.73. The maximum Gasteiger partial charge on any atom is 0.127 e. The molecule has 1 heterocycles. The predicted octanol–water partition coefficient (Wildman–Crippen LogP) is 3.01. The van der Waals surface area contributed by atoms with E-state index in [0.29, 0.717) is 5.56 Å². The van der Waals surface area contributed by atoms with E-state index in [9.17, 15) is 0 Å². The second-order valence-electron chi connectivity index (χ2n) is 4.89. The van der Waals surface area contributed by atoms with Crippen molar-refractivity contribution >= 4 is 5.82 Å². The number of hydrogen-bond acceptors (Lipinski definition) is 3. The first-order chi connectivity index (χ1) is 7.61. The van der Waals surface area contributed by atoms with Gasteiger partial charge in [-0.2, -0.15) is 5.26 Å². The Morgan fingerprint density at radius 2 is 2.06 bits per heavy atom. The Kier molecular flexibility index (Phi) is 2.82. The van der Waals surface area contributed by atoms with Gasteiger partial charge in [0.2, 0.25) is 0 Å². The fourth-order valence-electron chi connectivity index (χ4n) is 2.39. The van der Waals surface area contributed by atoms with Gasteiger partial charge in [-0.15, -0.1) is 0 Å². The van der Waals surface area contributed by atoms with Crippen molar-refractivity contribution in [2.75, 3.05) is 5.32 Å². The van der Waals surface area contributed by atoms with Crippen LogP contribution >= 0.6 is 0 Å². The fourth-order valence-corrected chi connectivity index (χ4v) is 2.39. The van der Waals surface area contributed by atoms with Crippen LogP contribution in [0, 0.1) is 18.3 Å². The minimum atomic E-state index is 0.160. The van der Waals surface area contributed by atoms with Gasteiger partial charge in [0.1, 0.15) is 5.82 Å². The summed E-state index contributed by atoms with van der Waals surface area (Å²) in [6.07, 6.45) is 4.93. The maximum atomic E-state index is 8.91. The van der Waals surface area contributed by atoms with Crippen LogP contribution in [0.15, 0.2) is 12.1 Å². The smallest absolute Gasteiger partial charge is 0.127 e. The highest BCUT2D eigenvalue weighted by Crippen LogP contribution is 2.32. The summed E-state index contributed by atoms with van der Waals surface area (Å²) in [5, 5.41) is 12.4. The van der Waals surface area contributed by atoms with E-state index in [0.717, 1.165) is 11.5 Å². The number of nitriles is 1. The van der Waals surface area contributed by atoms with E-state index in [4.69, 9.17) is 5.26 Å². The molecule has 1 fully saturated rings. The normalized spacial score (nSPS) is 18.1. The van der Waals surface area contributed by atoms with Crippen molar-refractivity contribution in [2.24, 2.45) is 0 Å². The molecule has 0 amide bonds. The highest BCUT2D eigenvalue weighted by Gasteiger charge is 2.28. The molecular weight excluding hydrogens is 198 g/mol. The van der Waals surface area contributed by atoms with Gasteiger partial charge < -0.3 is 5.32 Å². The first-order valence-corrected chi connectivity index (χ1v) is 5.78. The SMILES string of the molecule is Cc1cc(C#N)cc(NC2(C)CCCC2)n1. The molecule has 0 unspecified atom stereocenters. The van der Waals surface area contributed by atoms with E-state index >= 15 is 0 Å². The van der Waals surface area contributed by atoms with Gasteiger partial charge in [-0.1, -0.05) is 12.8 Å². The average molecular weight is 215 g/mol. The largest absolute Gasteiger partial charge is 0.365 e. The van der Waals surface area contributed by atoms with Gasteiger partial charge in [-0.3, -0.25) is 0 Å². The van der Waals surface area contributed by atoms with Gasteiger partial charge >= 0.3 is 0 Å². The summed E-state index contributed by atoms with van der Waals surface area (Å²) >= 11 is 0. The molecule has 0 spiro atoms. The van der Waals surface area contributed by atoms with Crippen molar-refractivity contribution < 1.29 is 0 Å². The number of aromatic nitrogens is 1. The molecule has 0 aromatic carbocycles. The zero-order valence-electron chi connectivity index (χ0n) is 9.88. The zero-order valence-corrected chi connectivity index (χ0v) is 9.88. The van der Waals surface area contributed by atoms with Crippen LogP contribution in [-0.2, 0) is 0 Å². The Morgan fingerprint density at radius 1 is 1.38 bits per heavy atom. The van der Waals surface area contributed by atoms with Gasteiger partial charge in [0.05, 0.1) is 11.6 Å². The van der Waals surface area contributed by atoms with E-state index in [1.807, 2.05) is 19.1 Å². The topological polar surface area (TPSA) is 48.7 Å². The van der Waals surface area contributed by atoms with Gasteiger partial charge in [-0.25, -0.2) is 4.98 Å². The predicted molar refractivity (Wildman–Crippen MR) is 64.2 cm³/mol. The minimum absolute atomic E-state index is 0.160. The summed E-state index contributed by atoms with van der Waals surface area (Å²) in [4.78, 5) is 4.43. The molecule has 1 aliphatic rings. The second-order valence-corrected chi connectivity index (χ2v) is 4.89. The molecule has 1 aromatic rings. The molecule has 84 valence electrons. The number of nitrogens with zero attached hydrogens (tertiary/aromatic N) is 2. The Balaban J connectivity index is 2.21. The van der Waals surface area contributed by atoms with Crippen molar-refractivity contribution in [1.29, 1.82) is 5.26 Å². The minimum Gasteiger partial charge on any atom is -0.365 e. The number of pyridine rings is 1. The quantitative estimate of drug-likeness (QED) is 0.825. The molecule has 2 rings (SSSR count). The summed E-state index contributed by atoms with van der Waals surface area (Å²) in [6.45, 7) is 4.15. The molecule has 0 atom stereocenters. The van der Waals surface area contributed by atoms with Crippen LogP contribution in [0.2, 0.25) is 0 Å². The number of rotatable bonds is 2. The summed E-state index contributed by atoms with van der Waals surface area (Å²) in [7, 11) is 0. The van der Waals surface area contributed by atoms with Crippen LogP contribution in [0.1, 0.15) is 43.9 Å². The van der Waals surface area contributed by atoms with Crippen molar-refractivity contribution in [1.82, 2.24) is 4.98 Å². The Bertz CT molecular complexity index is 425. The second kappa shape index (κ2) is 4.13. The zero-order chi connectivity index (χ0) is 11.6. The lowest BCUT2D eigenvalue weighted by Gasteiger charge is -2.26. The molecule has 0 aliphatic heterocycles. The lowest BCUT2D eigenvalue weighted by atomic mass is 10.0. The number of hydrogen-bond donors (Lipinski definition) is 1. The van der Waals surface area contributed by atoms with Crippen molar-refractivity contribution in [3.8, 4) is 6.07 Å². The standard InChI is InChI=1S/C13H17N3/c1-10-7-11(9-14)8-12(15-10)16-13(2)5-3-4-6-13/h7-8H,3-6H2,1-2H3,(H,15,16). The third-order valence-electron chi connectivity index (χ3n) is 3.22. The molecule has 0 bridgehead atoms. The van der Waals surface area contributed by atoms with Crippen LogP contribution in [0.25, 0.3) is 0 Å². The van der Waals surface area contributed by atoms with Crippen LogP contribution in [0.4, 0.5) is 5.82 Å². The molecule has 3 heteroatoms. The highest BCUT2D eigenvalue weighted by atomic mass is 15.1. The maximum absolute atomic E-state index is 8.91. The summed E-state index contributed by atoms with van der Waals surface area (Å²) in [6, 6.07) is 5.80.